The molecule has 0 saturated carbocycles. The summed E-state index contributed by atoms with van der Waals surface area (Å²) in [6.07, 6.45) is 0. The van der Waals surface area contributed by atoms with Crippen LogP contribution < -0.4 is 5.73 Å². The summed E-state index contributed by atoms with van der Waals surface area (Å²) in [7, 11) is 1.61. The minimum Gasteiger partial charge on any atom is -0.381 e. The number of rotatable bonds is 2. The van der Waals surface area contributed by atoms with Crippen LogP contribution >= 0.6 is 15.9 Å². The molecular formula is C5H8BrN3O. The highest BCUT2D eigenvalue weighted by molar-refractivity contribution is 9.10. The van der Waals surface area contributed by atoms with Crippen molar-refractivity contribution in [3.63, 3.8) is 0 Å². The molecule has 0 spiro atoms. The summed E-state index contributed by atoms with van der Waals surface area (Å²) in [4.78, 5) is 0. The molecule has 1 aromatic heterocycles. The fourth-order valence-electron chi connectivity index (χ4n) is 0.620. The van der Waals surface area contributed by atoms with Crippen LogP contribution in [-0.2, 0) is 11.3 Å². The van der Waals surface area contributed by atoms with Gasteiger partial charge >= 0.3 is 0 Å². The van der Waals surface area contributed by atoms with Gasteiger partial charge in [0, 0.05) is 7.11 Å². The van der Waals surface area contributed by atoms with Gasteiger partial charge < -0.3 is 10.5 Å². The molecule has 0 aliphatic heterocycles. The van der Waals surface area contributed by atoms with Crippen LogP contribution in [0.2, 0.25) is 0 Å². The Balaban J connectivity index is 2.83. The van der Waals surface area contributed by atoms with Crippen molar-refractivity contribution in [1.82, 2.24) is 10.2 Å². The highest BCUT2D eigenvalue weighted by Crippen LogP contribution is 2.20. The summed E-state index contributed by atoms with van der Waals surface area (Å²) in [5, 5.41) is 6.49. The zero-order valence-electron chi connectivity index (χ0n) is 5.52. The van der Waals surface area contributed by atoms with Crippen molar-refractivity contribution in [2.75, 3.05) is 12.8 Å². The average molecular weight is 206 g/mol. The van der Waals surface area contributed by atoms with E-state index in [-0.39, 0.29) is 0 Å². The Bertz CT molecular complexity index is 223. The Kier molecular flexibility index (Phi) is 2.29. The van der Waals surface area contributed by atoms with E-state index in [1.54, 1.807) is 7.11 Å². The van der Waals surface area contributed by atoms with Crippen molar-refractivity contribution in [3.05, 3.63) is 10.2 Å². The summed E-state index contributed by atoms with van der Waals surface area (Å²) in [5.74, 6) is 0.465. The predicted molar refractivity (Wildman–Crippen MR) is 41.4 cm³/mol. The topological polar surface area (TPSA) is 63.9 Å². The Morgan fingerprint density at radius 2 is 2.50 bits per heavy atom. The number of hydrogen-bond acceptors (Lipinski definition) is 3. The van der Waals surface area contributed by atoms with E-state index in [0.29, 0.717) is 12.4 Å². The lowest BCUT2D eigenvalue weighted by Crippen LogP contribution is -1.88. The number of nitrogens with two attached hydrogens (primary N) is 1. The lowest BCUT2D eigenvalue weighted by molar-refractivity contribution is 0.181. The monoisotopic (exact) mass is 205 g/mol. The molecule has 0 saturated heterocycles. The number of aromatic amines is 1. The van der Waals surface area contributed by atoms with Crippen LogP contribution in [0.3, 0.4) is 0 Å². The molecule has 1 aromatic rings. The van der Waals surface area contributed by atoms with Crippen LogP contribution in [0.25, 0.3) is 0 Å². The van der Waals surface area contributed by atoms with E-state index in [1.807, 2.05) is 0 Å². The number of nitrogen functional groups attached to an aromatic ring is 1. The fourth-order valence-corrected chi connectivity index (χ4v) is 0.912. The first-order valence-electron chi connectivity index (χ1n) is 2.73. The normalized spacial score (nSPS) is 10.2. The lowest BCUT2D eigenvalue weighted by Gasteiger charge is -1.93. The highest BCUT2D eigenvalue weighted by Gasteiger charge is 2.05. The largest absolute Gasteiger partial charge is 0.381 e. The van der Waals surface area contributed by atoms with Crippen molar-refractivity contribution in [3.8, 4) is 0 Å². The summed E-state index contributed by atoms with van der Waals surface area (Å²) in [6.45, 7) is 0.491. The van der Waals surface area contributed by atoms with Gasteiger partial charge in [0.05, 0.1) is 16.8 Å². The first-order chi connectivity index (χ1) is 4.75. The van der Waals surface area contributed by atoms with Crippen molar-refractivity contribution < 1.29 is 4.74 Å². The number of nitrogens with zero attached hydrogens (tertiary/aromatic N) is 1. The fraction of sp³-hybridized carbons (Fsp3) is 0.400. The highest BCUT2D eigenvalue weighted by atomic mass is 79.9. The molecule has 0 unspecified atom stereocenters. The van der Waals surface area contributed by atoms with Gasteiger partial charge in [-0.15, -0.1) is 0 Å². The van der Waals surface area contributed by atoms with Crippen molar-refractivity contribution in [2.45, 2.75) is 6.61 Å². The first kappa shape index (κ1) is 7.56. The molecule has 0 radical (unpaired) electrons. The second-order valence-electron chi connectivity index (χ2n) is 1.83. The lowest BCUT2D eigenvalue weighted by atomic mass is 10.4. The summed E-state index contributed by atoms with van der Waals surface area (Å²) >= 11 is 3.25. The molecule has 0 aromatic carbocycles. The van der Waals surface area contributed by atoms with E-state index >= 15 is 0 Å². The molecular weight excluding hydrogens is 198 g/mol. The molecule has 0 bridgehead atoms. The molecule has 56 valence electrons. The first-order valence-corrected chi connectivity index (χ1v) is 3.52. The molecule has 1 rings (SSSR count). The number of H-pyrrole nitrogens is 1. The van der Waals surface area contributed by atoms with Gasteiger partial charge in [-0.25, -0.2) is 0 Å². The van der Waals surface area contributed by atoms with E-state index in [2.05, 4.69) is 26.1 Å². The van der Waals surface area contributed by atoms with E-state index in [1.165, 1.54) is 0 Å². The zero-order chi connectivity index (χ0) is 7.56. The summed E-state index contributed by atoms with van der Waals surface area (Å²) in [5.41, 5.74) is 6.29. The van der Waals surface area contributed by atoms with Crippen LogP contribution in [0.15, 0.2) is 4.47 Å². The number of nitrogens with one attached hydrogen (secondary N) is 1. The third kappa shape index (κ3) is 1.30. The maximum absolute atomic E-state index is 5.43. The van der Waals surface area contributed by atoms with Gasteiger partial charge in [0.25, 0.3) is 0 Å². The van der Waals surface area contributed by atoms with Crippen molar-refractivity contribution in [1.29, 1.82) is 0 Å². The summed E-state index contributed by atoms with van der Waals surface area (Å²) in [6, 6.07) is 0. The van der Waals surface area contributed by atoms with Gasteiger partial charge in [-0.05, 0) is 15.9 Å². The van der Waals surface area contributed by atoms with Gasteiger partial charge in [0.2, 0.25) is 0 Å². The minimum absolute atomic E-state index is 0.465. The van der Waals surface area contributed by atoms with Gasteiger partial charge in [-0.3, -0.25) is 5.10 Å². The standard InChI is InChI=1S/C5H8BrN3O/c1-10-2-3-4(6)5(7)9-8-3/h2H2,1H3,(H3,7,8,9). The minimum atomic E-state index is 0.465. The number of methoxy groups -OCH3 is 1. The second-order valence-corrected chi connectivity index (χ2v) is 2.63. The van der Waals surface area contributed by atoms with E-state index in [0.717, 1.165) is 10.2 Å². The molecule has 0 atom stereocenters. The second kappa shape index (κ2) is 3.03. The molecule has 0 aliphatic carbocycles. The molecule has 10 heavy (non-hydrogen) atoms. The van der Waals surface area contributed by atoms with Gasteiger partial charge in [-0.2, -0.15) is 5.10 Å². The van der Waals surface area contributed by atoms with Gasteiger partial charge in [-0.1, -0.05) is 0 Å². The van der Waals surface area contributed by atoms with Crippen LogP contribution in [0, 0.1) is 0 Å². The molecule has 4 nitrogen and oxygen atoms in total. The maximum atomic E-state index is 5.43. The SMILES string of the molecule is COCc1[nH]nc(N)c1Br. The smallest absolute Gasteiger partial charge is 0.159 e. The van der Waals surface area contributed by atoms with Crippen LogP contribution in [-0.4, -0.2) is 17.3 Å². The maximum Gasteiger partial charge on any atom is 0.159 e. The number of ether oxygens (including phenoxy) is 1. The van der Waals surface area contributed by atoms with Crippen LogP contribution in [0.1, 0.15) is 5.69 Å². The Labute approximate surface area is 66.9 Å². The molecule has 0 fully saturated rings. The Morgan fingerprint density at radius 3 is 2.90 bits per heavy atom. The van der Waals surface area contributed by atoms with Crippen molar-refractivity contribution >= 4 is 21.7 Å². The van der Waals surface area contributed by atoms with E-state index in [9.17, 15) is 0 Å². The summed E-state index contributed by atoms with van der Waals surface area (Å²) < 4.78 is 5.65. The van der Waals surface area contributed by atoms with Gasteiger partial charge in [0.1, 0.15) is 0 Å². The van der Waals surface area contributed by atoms with Gasteiger partial charge in [0.15, 0.2) is 5.82 Å². The van der Waals surface area contributed by atoms with Crippen LogP contribution in [0.5, 0.6) is 0 Å². The van der Waals surface area contributed by atoms with E-state index in [4.69, 9.17) is 10.5 Å². The number of anilines is 1. The molecule has 1 heterocycles. The molecule has 3 N–H and O–H groups in total. The Morgan fingerprint density at radius 1 is 1.80 bits per heavy atom. The third-order valence-electron chi connectivity index (χ3n) is 1.09. The van der Waals surface area contributed by atoms with Crippen molar-refractivity contribution in [2.24, 2.45) is 0 Å². The Hall–Kier alpha value is -0.550. The molecule has 5 heteroatoms. The number of aromatic nitrogens is 2. The molecule has 0 aliphatic rings. The molecule has 0 amide bonds. The quantitative estimate of drug-likeness (QED) is 0.755. The van der Waals surface area contributed by atoms with Crippen LogP contribution in [0.4, 0.5) is 5.82 Å². The third-order valence-corrected chi connectivity index (χ3v) is 1.97. The number of hydrogen-bond donors (Lipinski definition) is 2. The number of halogens is 1. The predicted octanol–water partition coefficient (Wildman–Crippen LogP) is 0.901. The average Bonchev–Trinajstić information content (AvgIpc) is 2.20. The zero-order valence-corrected chi connectivity index (χ0v) is 7.10. The van der Waals surface area contributed by atoms with E-state index < -0.39 is 0 Å².